The van der Waals surface area contributed by atoms with Crippen LogP contribution >= 0.6 is 0 Å². The van der Waals surface area contributed by atoms with Gasteiger partial charge in [-0.1, -0.05) is 6.07 Å². The van der Waals surface area contributed by atoms with E-state index in [0.29, 0.717) is 6.54 Å². The summed E-state index contributed by atoms with van der Waals surface area (Å²) < 4.78 is 11.6. The lowest BCUT2D eigenvalue weighted by molar-refractivity contribution is -0.123. The fourth-order valence-electron chi connectivity index (χ4n) is 4.15. The number of fused-ring (bicyclic) bond motifs is 1. The van der Waals surface area contributed by atoms with Gasteiger partial charge in [-0.2, -0.15) is 5.10 Å². The SMILES string of the molecule is COc1ccc(CNC(=O)C2CCCc3[nH]ncc32)cc1OC1CCCC1. The number of aromatic amines is 1. The summed E-state index contributed by atoms with van der Waals surface area (Å²) in [5.74, 6) is 1.46. The highest BCUT2D eigenvalue weighted by atomic mass is 16.5. The van der Waals surface area contributed by atoms with Gasteiger partial charge in [-0.05, 0) is 62.6 Å². The van der Waals surface area contributed by atoms with Crippen molar-refractivity contribution in [2.24, 2.45) is 0 Å². The third-order valence-electron chi connectivity index (χ3n) is 5.65. The molecule has 2 aliphatic carbocycles. The highest BCUT2D eigenvalue weighted by molar-refractivity contribution is 5.84. The first-order chi connectivity index (χ1) is 13.2. The molecular formula is C21H27N3O3. The normalized spacial score (nSPS) is 19.5. The molecule has 1 saturated carbocycles. The maximum Gasteiger partial charge on any atom is 0.227 e. The van der Waals surface area contributed by atoms with Crippen molar-refractivity contribution in [1.82, 2.24) is 15.5 Å². The van der Waals surface area contributed by atoms with Gasteiger partial charge in [0.05, 0.1) is 25.3 Å². The fraction of sp³-hybridized carbons (Fsp3) is 0.524. The molecule has 1 heterocycles. The molecule has 0 radical (unpaired) electrons. The Balaban J connectivity index is 1.41. The van der Waals surface area contributed by atoms with Crippen LogP contribution in [0.1, 0.15) is 61.3 Å². The zero-order chi connectivity index (χ0) is 18.6. The minimum absolute atomic E-state index is 0.0615. The molecule has 6 heteroatoms. The zero-order valence-corrected chi connectivity index (χ0v) is 15.8. The van der Waals surface area contributed by atoms with Crippen LogP contribution in [0, 0.1) is 0 Å². The molecule has 27 heavy (non-hydrogen) atoms. The summed E-state index contributed by atoms with van der Waals surface area (Å²) >= 11 is 0. The quantitative estimate of drug-likeness (QED) is 0.817. The number of aryl methyl sites for hydroxylation is 1. The van der Waals surface area contributed by atoms with Gasteiger partial charge in [0, 0.05) is 17.8 Å². The number of ether oxygens (including phenoxy) is 2. The van der Waals surface area contributed by atoms with Gasteiger partial charge in [-0.3, -0.25) is 9.89 Å². The van der Waals surface area contributed by atoms with E-state index in [9.17, 15) is 4.79 Å². The van der Waals surface area contributed by atoms with Crippen molar-refractivity contribution in [2.45, 2.75) is 63.5 Å². The van der Waals surface area contributed by atoms with E-state index in [0.717, 1.165) is 60.4 Å². The van der Waals surface area contributed by atoms with Gasteiger partial charge in [-0.15, -0.1) is 0 Å². The Labute approximate surface area is 159 Å². The van der Waals surface area contributed by atoms with Crippen molar-refractivity contribution in [3.63, 3.8) is 0 Å². The van der Waals surface area contributed by atoms with Crippen LogP contribution in [0.25, 0.3) is 0 Å². The van der Waals surface area contributed by atoms with E-state index in [1.54, 1.807) is 13.3 Å². The Hall–Kier alpha value is -2.50. The van der Waals surface area contributed by atoms with Crippen molar-refractivity contribution in [2.75, 3.05) is 7.11 Å². The third kappa shape index (κ3) is 3.94. The van der Waals surface area contributed by atoms with Gasteiger partial charge in [-0.25, -0.2) is 0 Å². The Morgan fingerprint density at radius 3 is 2.89 bits per heavy atom. The van der Waals surface area contributed by atoms with Crippen LogP contribution in [-0.4, -0.2) is 29.3 Å². The molecule has 6 nitrogen and oxygen atoms in total. The van der Waals surface area contributed by atoms with Gasteiger partial charge in [0.2, 0.25) is 5.91 Å². The van der Waals surface area contributed by atoms with Gasteiger partial charge < -0.3 is 14.8 Å². The number of amides is 1. The number of carbonyl (C=O) groups excluding carboxylic acids is 1. The first kappa shape index (κ1) is 17.9. The van der Waals surface area contributed by atoms with Gasteiger partial charge in [0.15, 0.2) is 11.5 Å². The molecule has 1 unspecified atom stereocenters. The molecule has 1 aromatic carbocycles. The molecule has 0 saturated heterocycles. The van der Waals surface area contributed by atoms with E-state index in [1.807, 2.05) is 18.2 Å². The summed E-state index contributed by atoms with van der Waals surface area (Å²) in [6.45, 7) is 0.480. The predicted molar refractivity (Wildman–Crippen MR) is 102 cm³/mol. The Bertz CT molecular complexity index is 796. The van der Waals surface area contributed by atoms with Gasteiger partial charge in [0.25, 0.3) is 0 Å². The van der Waals surface area contributed by atoms with Crippen molar-refractivity contribution in [1.29, 1.82) is 0 Å². The molecule has 1 fully saturated rings. The van der Waals surface area contributed by atoms with Crippen molar-refractivity contribution in [3.8, 4) is 11.5 Å². The lowest BCUT2D eigenvalue weighted by atomic mass is 9.86. The molecule has 4 rings (SSSR count). The third-order valence-corrected chi connectivity index (χ3v) is 5.65. The van der Waals surface area contributed by atoms with Crippen LogP contribution in [-0.2, 0) is 17.8 Å². The van der Waals surface area contributed by atoms with E-state index < -0.39 is 0 Å². The number of benzene rings is 1. The lowest BCUT2D eigenvalue weighted by Crippen LogP contribution is -2.30. The molecular weight excluding hydrogens is 342 g/mol. The summed E-state index contributed by atoms with van der Waals surface area (Å²) in [7, 11) is 1.66. The van der Waals surface area contributed by atoms with Crippen molar-refractivity contribution < 1.29 is 14.3 Å². The molecule has 0 bridgehead atoms. The van der Waals surface area contributed by atoms with E-state index in [4.69, 9.17) is 9.47 Å². The highest BCUT2D eigenvalue weighted by Gasteiger charge is 2.27. The minimum atomic E-state index is -0.111. The Morgan fingerprint density at radius 2 is 2.07 bits per heavy atom. The van der Waals surface area contributed by atoms with Crippen LogP contribution in [0.5, 0.6) is 11.5 Å². The zero-order valence-electron chi connectivity index (χ0n) is 15.8. The first-order valence-corrected chi connectivity index (χ1v) is 9.88. The summed E-state index contributed by atoms with van der Waals surface area (Å²) in [6.07, 6.45) is 9.55. The fourth-order valence-corrected chi connectivity index (χ4v) is 4.15. The molecule has 2 aromatic rings. The van der Waals surface area contributed by atoms with Crippen LogP contribution in [0.3, 0.4) is 0 Å². The predicted octanol–water partition coefficient (Wildman–Crippen LogP) is 3.48. The molecule has 144 valence electrons. The van der Waals surface area contributed by atoms with Crippen molar-refractivity contribution >= 4 is 5.91 Å². The highest BCUT2D eigenvalue weighted by Crippen LogP contribution is 2.33. The Morgan fingerprint density at radius 1 is 1.22 bits per heavy atom. The summed E-state index contributed by atoms with van der Waals surface area (Å²) in [6, 6.07) is 5.88. The van der Waals surface area contributed by atoms with E-state index in [-0.39, 0.29) is 17.9 Å². The van der Waals surface area contributed by atoms with E-state index in [2.05, 4.69) is 15.5 Å². The van der Waals surface area contributed by atoms with Crippen LogP contribution < -0.4 is 14.8 Å². The number of rotatable bonds is 6. The first-order valence-electron chi connectivity index (χ1n) is 9.88. The second-order valence-corrected chi connectivity index (χ2v) is 7.48. The number of carbonyl (C=O) groups is 1. The monoisotopic (exact) mass is 369 g/mol. The average Bonchev–Trinajstić information content (AvgIpc) is 3.37. The topological polar surface area (TPSA) is 76.2 Å². The molecule has 1 amide bonds. The van der Waals surface area contributed by atoms with E-state index >= 15 is 0 Å². The van der Waals surface area contributed by atoms with Crippen LogP contribution in [0.4, 0.5) is 0 Å². The number of aromatic nitrogens is 2. The summed E-state index contributed by atoms with van der Waals surface area (Å²) in [4.78, 5) is 12.7. The molecule has 2 N–H and O–H groups in total. The van der Waals surface area contributed by atoms with Gasteiger partial charge in [0.1, 0.15) is 0 Å². The molecule has 0 aliphatic heterocycles. The molecule has 0 spiro atoms. The number of hydrogen-bond acceptors (Lipinski definition) is 4. The number of nitrogens with zero attached hydrogens (tertiary/aromatic N) is 1. The smallest absolute Gasteiger partial charge is 0.227 e. The molecule has 2 aliphatic rings. The molecule has 1 atom stereocenters. The largest absolute Gasteiger partial charge is 0.493 e. The Kier molecular flexibility index (Phi) is 5.32. The second kappa shape index (κ2) is 8.03. The van der Waals surface area contributed by atoms with E-state index in [1.165, 1.54) is 12.8 Å². The minimum Gasteiger partial charge on any atom is -0.493 e. The molecule has 1 aromatic heterocycles. The number of hydrogen-bond donors (Lipinski definition) is 2. The van der Waals surface area contributed by atoms with Gasteiger partial charge >= 0.3 is 0 Å². The summed E-state index contributed by atoms with van der Waals surface area (Å²) in [5.41, 5.74) is 3.15. The maximum atomic E-state index is 12.7. The standard InChI is InChI=1S/C21H27N3O3/c1-26-19-10-9-14(11-20(19)27-15-5-2-3-6-15)12-22-21(25)16-7-4-8-18-17(16)13-23-24-18/h9-11,13,15-16H,2-8,12H2,1H3,(H,22,25)(H,23,24). The van der Waals surface area contributed by atoms with Crippen LogP contribution in [0.2, 0.25) is 0 Å². The van der Waals surface area contributed by atoms with Crippen LogP contribution in [0.15, 0.2) is 24.4 Å². The number of nitrogens with one attached hydrogen (secondary N) is 2. The maximum absolute atomic E-state index is 12.7. The van der Waals surface area contributed by atoms with Crippen molar-refractivity contribution in [3.05, 3.63) is 41.2 Å². The lowest BCUT2D eigenvalue weighted by Gasteiger charge is -2.21. The number of methoxy groups -OCH3 is 1. The summed E-state index contributed by atoms with van der Waals surface area (Å²) in [5, 5.41) is 10.2. The second-order valence-electron chi connectivity index (χ2n) is 7.48. The average molecular weight is 369 g/mol. The number of H-pyrrole nitrogens is 1.